The van der Waals surface area contributed by atoms with Gasteiger partial charge in [0, 0.05) is 11.4 Å². The quantitative estimate of drug-likeness (QED) is 0.410. The maximum atomic E-state index is 13.6. The summed E-state index contributed by atoms with van der Waals surface area (Å²) in [5.41, 5.74) is 9.61. The van der Waals surface area contributed by atoms with Gasteiger partial charge in [-0.05, 0) is 48.4 Å². The molecule has 31 heavy (non-hydrogen) atoms. The summed E-state index contributed by atoms with van der Waals surface area (Å²) in [6.07, 6.45) is -4.44. The minimum atomic E-state index is -4.44. The number of nitrogens with one attached hydrogen (secondary N) is 1. The molecule has 0 aliphatic rings. The summed E-state index contributed by atoms with van der Waals surface area (Å²) in [6, 6.07) is 18.6. The SMILES string of the molecule is C=C(N)c1ccc2c(c1)nc(Nc1ccc(C)cc1)n2Cc1ccccc1C(F)(F)F. The highest BCUT2D eigenvalue weighted by molar-refractivity contribution is 5.83. The summed E-state index contributed by atoms with van der Waals surface area (Å²) in [4.78, 5) is 4.64. The number of alkyl halides is 3. The minimum Gasteiger partial charge on any atom is -0.399 e. The van der Waals surface area contributed by atoms with Crippen LogP contribution >= 0.6 is 0 Å². The highest BCUT2D eigenvalue weighted by atomic mass is 19.4. The monoisotopic (exact) mass is 422 g/mol. The van der Waals surface area contributed by atoms with Crippen molar-refractivity contribution in [3.05, 3.63) is 95.6 Å². The van der Waals surface area contributed by atoms with Crippen LogP contribution in [0.25, 0.3) is 16.7 Å². The number of anilines is 2. The van der Waals surface area contributed by atoms with Crippen molar-refractivity contribution in [2.75, 3.05) is 5.32 Å². The number of halogens is 3. The summed E-state index contributed by atoms with van der Waals surface area (Å²) in [6.45, 7) is 5.73. The number of imidazole rings is 1. The molecule has 0 amide bonds. The number of benzene rings is 3. The van der Waals surface area contributed by atoms with Crippen molar-refractivity contribution in [2.24, 2.45) is 5.73 Å². The van der Waals surface area contributed by atoms with Gasteiger partial charge in [0.2, 0.25) is 5.95 Å². The fourth-order valence-electron chi connectivity index (χ4n) is 3.46. The molecule has 3 N–H and O–H groups in total. The van der Waals surface area contributed by atoms with Crippen LogP contribution < -0.4 is 11.1 Å². The van der Waals surface area contributed by atoms with Gasteiger partial charge in [-0.2, -0.15) is 13.2 Å². The van der Waals surface area contributed by atoms with Gasteiger partial charge in [0.25, 0.3) is 0 Å². The molecule has 1 aromatic heterocycles. The van der Waals surface area contributed by atoms with E-state index in [1.54, 1.807) is 28.8 Å². The van der Waals surface area contributed by atoms with Crippen LogP contribution in [0.3, 0.4) is 0 Å². The molecular weight excluding hydrogens is 401 g/mol. The lowest BCUT2D eigenvalue weighted by Gasteiger charge is -2.16. The standard InChI is InChI=1S/C24H21F3N4/c1-15-7-10-19(11-8-15)29-23-30-21-13-17(16(2)28)9-12-22(21)31(23)14-18-5-3-4-6-20(18)24(25,26)27/h3-13H,2,14,28H2,1H3,(H,29,30). The van der Waals surface area contributed by atoms with E-state index < -0.39 is 11.7 Å². The Morgan fingerprint density at radius 1 is 1.06 bits per heavy atom. The van der Waals surface area contributed by atoms with E-state index in [4.69, 9.17) is 5.73 Å². The Labute approximate surface area is 177 Å². The Bertz CT molecular complexity index is 1250. The molecule has 4 aromatic rings. The number of hydrogen-bond donors (Lipinski definition) is 2. The highest BCUT2D eigenvalue weighted by Gasteiger charge is 2.33. The molecule has 7 heteroatoms. The molecule has 4 nitrogen and oxygen atoms in total. The minimum absolute atomic E-state index is 0.00327. The fraction of sp³-hybridized carbons (Fsp3) is 0.125. The number of fused-ring (bicyclic) bond motifs is 1. The molecule has 0 aliphatic carbocycles. The lowest BCUT2D eigenvalue weighted by Crippen LogP contribution is -2.12. The third kappa shape index (κ3) is 4.26. The molecule has 0 radical (unpaired) electrons. The van der Waals surface area contributed by atoms with Crippen LogP contribution in [0.5, 0.6) is 0 Å². The Hall–Kier alpha value is -3.74. The number of aromatic nitrogens is 2. The van der Waals surface area contributed by atoms with E-state index in [0.29, 0.717) is 22.7 Å². The van der Waals surface area contributed by atoms with Gasteiger partial charge >= 0.3 is 6.18 Å². The van der Waals surface area contributed by atoms with E-state index in [9.17, 15) is 13.2 Å². The summed E-state index contributed by atoms with van der Waals surface area (Å²) in [5.74, 6) is 0.440. The number of nitrogens with two attached hydrogens (primary N) is 1. The van der Waals surface area contributed by atoms with Crippen molar-refractivity contribution in [1.82, 2.24) is 9.55 Å². The van der Waals surface area contributed by atoms with Gasteiger partial charge in [0.15, 0.2) is 0 Å². The van der Waals surface area contributed by atoms with E-state index in [1.807, 2.05) is 31.2 Å². The first-order valence-corrected chi connectivity index (χ1v) is 9.66. The zero-order chi connectivity index (χ0) is 22.2. The molecule has 4 rings (SSSR count). The molecule has 0 bridgehead atoms. The van der Waals surface area contributed by atoms with E-state index >= 15 is 0 Å². The van der Waals surface area contributed by atoms with E-state index in [-0.39, 0.29) is 12.1 Å². The van der Waals surface area contributed by atoms with Gasteiger partial charge in [-0.3, -0.25) is 0 Å². The molecule has 0 atom stereocenters. The molecule has 0 unspecified atom stereocenters. The van der Waals surface area contributed by atoms with Crippen LogP contribution in [-0.2, 0) is 12.7 Å². The molecule has 0 fully saturated rings. The lowest BCUT2D eigenvalue weighted by atomic mass is 10.1. The average Bonchev–Trinajstić information content (AvgIpc) is 3.05. The van der Waals surface area contributed by atoms with Crippen LogP contribution in [0.1, 0.15) is 22.3 Å². The second-order valence-corrected chi connectivity index (χ2v) is 7.40. The van der Waals surface area contributed by atoms with Gasteiger partial charge in [0.05, 0.1) is 23.1 Å². The first-order valence-electron chi connectivity index (χ1n) is 9.66. The Balaban J connectivity index is 1.84. The molecule has 0 spiro atoms. The van der Waals surface area contributed by atoms with Gasteiger partial charge in [-0.25, -0.2) is 4.98 Å². The second kappa shape index (κ2) is 7.83. The summed E-state index contributed by atoms with van der Waals surface area (Å²) in [7, 11) is 0. The Morgan fingerprint density at radius 2 is 1.77 bits per heavy atom. The van der Waals surface area contributed by atoms with Crippen molar-refractivity contribution in [3.8, 4) is 0 Å². The molecule has 0 aliphatic heterocycles. The van der Waals surface area contributed by atoms with Crippen LogP contribution in [0.15, 0.2) is 73.3 Å². The first-order chi connectivity index (χ1) is 14.7. The summed E-state index contributed by atoms with van der Waals surface area (Å²) >= 11 is 0. The molecule has 1 heterocycles. The van der Waals surface area contributed by atoms with E-state index in [1.165, 1.54) is 12.1 Å². The smallest absolute Gasteiger partial charge is 0.399 e. The van der Waals surface area contributed by atoms with Gasteiger partial charge in [0.1, 0.15) is 0 Å². The molecule has 0 saturated carbocycles. The van der Waals surface area contributed by atoms with Crippen molar-refractivity contribution >= 4 is 28.4 Å². The van der Waals surface area contributed by atoms with Gasteiger partial charge in [-0.15, -0.1) is 0 Å². The van der Waals surface area contributed by atoms with Crippen molar-refractivity contribution < 1.29 is 13.2 Å². The van der Waals surface area contributed by atoms with Gasteiger partial charge < -0.3 is 15.6 Å². The van der Waals surface area contributed by atoms with Crippen LogP contribution in [-0.4, -0.2) is 9.55 Å². The lowest BCUT2D eigenvalue weighted by molar-refractivity contribution is -0.138. The first kappa shape index (κ1) is 20.5. The Morgan fingerprint density at radius 3 is 2.45 bits per heavy atom. The predicted octanol–water partition coefficient (Wildman–Crippen LogP) is 6.08. The van der Waals surface area contributed by atoms with Crippen LogP contribution in [0.4, 0.5) is 24.8 Å². The third-order valence-corrected chi connectivity index (χ3v) is 5.08. The predicted molar refractivity (Wildman–Crippen MR) is 118 cm³/mol. The normalized spacial score (nSPS) is 11.6. The maximum absolute atomic E-state index is 13.6. The molecule has 3 aromatic carbocycles. The van der Waals surface area contributed by atoms with Crippen molar-refractivity contribution in [2.45, 2.75) is 19.6 Å². The number of rotatable bonds is 5. The largest absolute Gasteiger partial charge is 0.416 e. The molecule has 0 saturated heterocycles. The Kier molecular flexibility index (Phi) is 5.19. The second-order valence-electron chi connectivity index (χ2n) is 7.40. The zero-order valence-corrected chi connectivity index (χ0v) is 16.9. The molecular formula is C24H21F3N4. The summed E-state index contributed by atoms with van der Waals surface area (Å²) in [5, 5.41) is 3.23. The highest BCUT2D eigenvalue weighted by Crippen LogP contribution is 2.34. The van der Waals surface area contributed by atoms with Crippen molar-refractivity contribution in [1.29, 1.82) is 0 Å². The van der Waals surface area contributed by atoms with Crippen LogP contribution in [0, 0.1) is 6.92 Å². The summed E-state index contributed by atoms with van der Waals surface area (Å²) < 4.78 is 42.4. The van der Waals surface area contributed by atoms with E-state index in [2.05, 4.69) is 16.9 Å². The van der Waals surface area contributed by atoms with Crippen LogP contribution in [0.2, 0.25) is 0 Å². The third-order valence-electron chi connectivity index (χ3n) is 5.08. The topological polar surface area (TPSA) is 55.9 Å². The number of aryl methyl sites for hydroxylation is 1. The van der Waals surface area contributed by atoms with Crippen molar-refractivity contribution in [3.63, 3.8) is 0 Å². The average molecular weight is 422 g/mol. The number of hydrogen-bond acceptors (Lipinski definition) is 3. The fourth-order valence-corrected chi connectivity index (χ4v) is 3.46. The zero-order valence-electron chi connectivity index (χ0n) is 16.9. The maximum Gasteiger partial charge on any atom is 0.416 e. The van der Waals surface area contributed by atoms with E-state index in [0.717, 1.165) is 22.9 Å². The molecule has 158 valence electrons. The number of nitrogens with zero attached hydrogens (tertiary/aromatic N) is 2. The van der Waals surface area contributed by atoms with Gasteiger partial charge in [-0.1, -0.05) is 48.5 Å².